The Labute approximate surface area is 173 Å². The van der Waals surface area contributed by atoms with Crippen molar-refractivity contribution < 1.29 is 15.1 Å². The van der Waals surface area contributed by atoms with Crippen LogP contribution >= 0.6 is 0 Å². The minimum Gasteiger partial charge on any atom is -0.396 e. The van der Waals surface area contributed by atoms with Crippen LogP contribution < -0.4 is 5.48 Å². The third kappa shape index (κ3) is 4.05. The summed E-state index contributed by atoms with van der Waals surface area (Å²) in [6.45, 7) is 0.198. The van der Waals surface area contributed by atoms with E-state index in [1.807, 2.05) is 24.3 Å². The monoisotopic (exact) mass is 399 g/mol. The lowest BCUT2D eigenvalue weighted by atomic mass is 9.99. The summed E-state index contributed by atoms with van der Waals surface area (Å²) in [5.41, 5.74) is 7.26. The summed E-state index contributed by atoms with van der Waals surface area (Å²) in [5, 5.41) is 18.6. The second-order valence-electron chi connectivity index (χ2n) is 6.97. The highest BCUT2D eigenvalue weighted by atomic mass is 16.5. The zero-order chi connectivity index (χ0) is 20.9. The molecular formula is C24H21N3O3. The molecule has 0 unspecified atom stereocenters. The van der Waals surface area contributed by atoms with Crippen molar-refractivity contribution in [3.63, 3.8) is 0 Å². The third-order valence-electron chi connectivity index (χ3n) is 5.02. The number of nitrogens with zero attached hydrogens (tertiary/aromatic N) is 2. The number of hydrogen-bond acceptors (Lipinski definition) is 5. The van der Waals surface area contributed by atoms with Crippen LogP contribution in [0, 0.1) is 0 Å². The summed E-state index contributed by atoms with van der Waals surface area (Å²) in [5.74, 6) is -0.602. The molecule has 0 spiro atoms. The second-order valence-corrected chi connectivity index (χ2v) is 6.97. The fourth-order valence-corrected chi connectivity index (χ4v) is 3.43. The molecular weight excluding hydrogens is 378 g/mol. The number of carbonyl (C=O) groups excluding carboxylic acids is 1. The Morgan fingerprint density at radius 2 is 1.60 bits per heavy atom. The molecule has 30 heavy (non-hydrogen) atoms. The lowest BCUT2D eigenvalue weighted by Gasteiger charge is -2.09. The van der Waals surface area contributed by atoms with Gasteiger partial charge >= 0.3 is 0 Å². The Bertz CT molecular complexity index is 1170. The van der Waals surface area contributed by atoms with Gasteiger partial charge in [-0.15, -0.1) is 0 Å². The molecule has 0 aliphatic heterocycles. The molecule has 4 aromatic rings. The van der Waals surface area contributed by atoms with E-state index in [1.165, 1.54) is 5.56 Å². The molecule has 4 rings (SSSR count). The Kier molecular flexibility index (Phi) is 5.79. The first kappa shape index (κ1) is 19.7. The van der Waals surface area contributed by atoms with Crippen LogP contribution in [0.4, 0.5) is 0 Å². The molecule has 0 bridgehead atoms. The van der Waals surface area contributed by atoms with Gasteiger partial charge in [0.05, 0.1) is 11.3 Å². The lowest BCUT2D eigenvalue weighted by molar-refractivity contribution is 0.0708. The van der Waals surface area contributed by atoms with Crippen molar-refractivity contribution in [1.82, 2.24) is 15.4 Å². The molecule has 0 atom stereocenters. The van der Waals surface area contributed by atoms with E-state index in [9.17, 15) is 4.79 Å². The SMILES string of the molecule is O=C(NO)c1cc(-c2ccc(-c3ccc(CCCO)cc3)cc2)nc2ncccc12. The van der Waals surface area contributed by atoms with Crippen molar-refractivity contribution in [2.45, 2.75) is 12.8 Å². The maximum Gasteiger partial charge on any atom is 0.275 e. The van der Waals surface area contributed by atoms with Crippen molar-refractivity contribution in [2.75, 3.05) is 6.61 Å². The Morgan fingerprint density at radius 1 is 0.933 bits per heavy atom. The Hall–Kier alpha value is -3.61. The molecule has 0 aliphatic rings. The van der Waals surface area contributed by atoms with Gasteiger partial charge in [-0.05, 0) is 47.7 Å². The number of carbonyl (C=O) groups is 1. The Balaban J connectivity index is 1.66. The van der Waals surface area contributed by atoms with Crippen LogP contribution in [0.5, 0.6) is 0 Å². The number of amides is 1. The quantitative estimate of drug-likeness (QED) is 0.336. The molecule has 6 nitrogen and oxygen atoms in total. The number of nitrogens with one attached hydrogen (secondary N) is 1. The zero-order valence-electron chi connectivity index (χ0n) is 16.2. The maximum atomic E-state index is 12.1. The average molecular weight is 399 g/mol. The molecule has 6 heteroatoms. The third-order valence-corrected chi connectivity index (χ3v) is 5.02. The number of pyridine rings is 2. The number of aliphatic hydroxyl groups is 1. The van der Waals surface area contributed by atoms with E-state index in [1.54, 1.807) is 29.9 Å². The van der Waals surface area contributed by atoms with E-state index in [4.69, 9.17) is 10.3 Å². The van der Waals surface area contributed by atoms with Gasteiger partial charge in [0.15, 0.2) is 5.65 Å². The van der Waals surface area contributed by atoms with Crippen molar-refractivity contribution in [3.05, 3.63) is 84.1 Å². The van der Waals surface area contributed by atoms with Crippen LogP contribution in [0.3, 0.4) is 0 Å². The highest BCUT2D eigenvalue weighted by Gasteiger charge is 2.14. The van der Waals surface area contributed by atoms with E-state index in [-0.39, 0.29) is 6.61 Å². The van der Waals surface area contributed by atoms with Gasteiger partial charge in [-0.3, -0.25) is 10.0 Å². The molecule has 0 aliphatic carbocycles. The number of aryl methyl sites for hydroxylation is 1. The number of hydroxylamine groups is 1. The minimum absolute atomic E-state index is 0.198. The lowest BCUT2D eigenvalue weighted by Crippen LogP contribution is -2.19. The number of hydrogen-bond donors (Lipinski definition) is 3. The molecule has 2 aromatic heterocycles. The van der Waals surface area contributed by atoms with E-state index < -0.39 is 5.91 Å². The molecule has 150 valence electrons. The number of aromatic nitrogens is 2. The standard InChI is InChI=1S/C24H21N3O3/c28-14-2-3-16-5-7-17(8-6-16)18-9-11-19(12-10-18)22-15-21(24(29)27-30)20-4-1-13-25-23(20)26-22/h1,4-13,15,28,30H,2-3,14H2,(H,27,29). The van der Waals surface area contributed by atoms with Gasteiger partial charge in [-0.2, -0.15) is 0 Å². The van der Waals surface area contributed by atoms with Gasteiger partial charge in [0.2, 0.25) is 0 Å². The summed E-state index contributed by atoms with van der Waals surface area (Å²) in [6, 6.07) is 21.3. The van der Waals surface area contributed by atoms with Crippen molar-refractivity contribution in [1.29, 1.82) is 0 Å². The first-order chi connectivity index (χ1) is 14.7. The first-order valence-corrected chi connectivity index (χ1v) is 9.70. The highest BCUT2D eigenvalue weighted by Crippen LogP contribution is 2.27. The van der Waals surface area contributed by atoms with E-state index in [0.717, 1.165) is 29.5 Å². The predicted octanol–water partition coefficient (Wildman–Crippen LogP) is 4.01. The van der Waals surface area contributed by atoms with Gasteiger partial charge in [-0.1, -0.05) is 48.5 Å². The summed E-state index contributed by atoms with van der Waals surface area (Å²) >= 11 is 0. The number of fused-ring (bicyclic) bond motifs is 1. The minimum atomic E-state index is -0.602. The van der Waals surface area contributed by atoms with Gasteiger partial charge in [0, 0.05) is 23.8 Å². The fourth-order valence-electron chi connectivity index (χ4n) is 3.43. The van der Waals surface area contributed by atoms with Gasteiger partial charge in [-0.25, -0.2) is 15.4 Å². The highest BCUT2D eigenvalue weighted by molar-refractivity contribution is 6.05. The molecule has 0 fully saturated rings. The summed E-state index contributed by atoms with van der Waals surface area (Å²) < 4.78 is 0. The van der Waals surface area contributed by atoms with Gasteiger partial charge < -0.3 is 5.11 Å². The first-order valence-electron chi connectivity index (χ1n) is 9.70. The van der Waals surface area contributed by atoms with E-state index >= 15 is 0 Å². The predicted molar refractivity (Wildman–Crippen MR) is 115 cm³/mol. The number of benzene rings is 2. The van der Waals surface area contributed by atoms with Crippen LogP contribution in [0.1, 0.15) is 22.3 Å². The molecule has 3 N–H and O–H groups in total. The van der Waals surface area contributed by atoms with Gasteiger partial charge in [0.25, 0.3) is 5.91 Å². The smallest absolute Gasteiger partial charge is 0.275 e. The van der Waals surface area contributed by atoms with E-state index in [2.05, 4.69) is 34.2 Å². The number of rotatable bonds is 6. The molecule has 2 heterocycles. The molecule has 0 saturated carbocycles. The molecule has 0 saturated heterocycles. The Morgan fingerprint density at radius 3 is 2.27 bits per heavy atom. The van der Waals surface area contributed by atoms with Crippen LogP contribution in [0.25, 0.3) is 33.4 Å². The molecule has 0 radical (unpaired) electrons. The largest absolute Gasteiger partial charge is 0.396 e. The van der Waals surface area contributed by atoms with E-state index in [0.29, 0.717) is 22.3 Å². The summed E-state index contributed by atoms with van der Waals surface area (Å²) in [6.07, 6.45) is 3.24. The molecule has 1 amide bonds. The summed E-state index contributed by atoms with van der Waals surface area (Å²) in [4.78, 5) is 20.9. The van der Waals surface area contributed by atoms with Crippen LogP contribution in [0.2, 0.25) is 0 Å². The average Bonchev–Trinajstić information content (AvgIpc) is 2.82. The van der Waals surface area contributed by atoms with Crippen LogP contribution in [-0.2, 0) is 6.42 Å². The second kappa shape index (κ2) is 8.82. The van der Waals surface area contributed by atoms with Crippen molar-refractivity contribution in [3.8, 4) is 22.4 Å². The zero-order valence-corrected chi connectivity index (χ0v) is 16.2. The van der Waals surface area contributed by atoms with Crippen LogP contribution in [-0.4, -0.2) is 32.8 Å². The topological polar surface area (TPSA) is 95.3 Å². The summed E-state index contributed by atoms with van der Waals surface area (Å²) in [7, 11) is 0. The normalized spacial score (nSPS) is 10.9. The van der Waals surface area contributed by atoms with Crippen molar-refractivity contribution in [2.24, 2.45) is 0 Å². The fraction of sp³-hybridized carbons (Fsp3) is 0.125. The number of aliphatic hydroxyl groups excluding tert-OH is 1. The van der Waals surface area contributed by atoms with Crippen LogP contribution in [0.15, 0.2) is 72.9 Å². The van der Waals surface area contributed by atoms with Gasteiger partial charge in [0.1, 0.15) is 0 Å². The molecule has 2 aromatic carbocycles. The van der Waals surface area contributed by atoms with Crippen molar-refractivity contribution >= 4 is 16.9 Å². The maximum absolute atomic E-state index is 12.1.